The van der Waals surface area contributed by atoms with Gasteiger partial charge in [0.25, 0.3) is 5.91 Å². The zero-order chi connectivity index (χ0) is 17.8. The van der Waals surface area contributed by atoms with Crippen LogP contribution >= 0.6 is 12.4 Å². The molecule has 3 rings (SSSR count). The first-order valence-electron chi connectivity index (χ1n) is 8.73. The average Bonchev–Trinajstić information content (AvgIpc) is 2.67. The van der Waals surface area contributed by atoms with Gasteiger partial charge in [-0.25, -0.2) is 4.39 Å². The SMILES string of the molecule is Cl.NC(C(=O)N1CCN(C(=O)c2ccc(F)cc2)CC1)C1CCOCC1. The van der Waals surface area contributed by atoms with E-state index in [-0.39, 0.29) is 36.0 Å². The highest BCUT2D eigenvalue weighted by Crippen LogP contribution is 2.20. The van der Waals surface area contributed by atoms with Crippen LogP contribution in [0.4, 0.5) is 4.39 Å². The largest absolute Gasteiger partial charge is 0.381 e. The number of hydrogen-bond donors (Lipinski definition) is 1. The third kappa shape index (κ3) is 4.72. The lowest BCUT2D eigenvalue weighted by Crippen LogP contribution is -2.56. The van der Waals surface area contributed by atoms with Crippen LogP contribution in [0.2, 0.25) is 0 Å². The Morgan fingerprint density at radius 2 is 1.58 bits per heavy atom. The Morgan fingerprint density at radius 3 is 2.15 bits per heavy atom. The van der Waals surface area contributed by atoms with Gasteiger partial charge in [-0.05, 0) is 43.0 Å². The third-order valence-corrected chi connectivity index (χ3v) is 5.03. The summed E-state index contributed by atoms with van der Waals surface area (Å²) in [6, 6.07) is 5.02. The molecule has 8 heteroatoms. The second-order valence-corrected chi connectivity index (χ2v) is 6.60. The van der Waals surface area contributed by atoms with E-state index in [2.05, 4.69) is 0 Å². The number of benzene rings is 1. The summed E-state index contributed by atoms with van der Waals surface area (Å²) in [6.45, 7) is 3.19. The van der Waals surface area contributed by atoms with Gasteiger partial charge >= 0.3 is 0 Å². The molecular weight excluding hydrogens is 361 g/mol. The van der Waals surface area contributed by atoms with Crippen LogP contribution in [0.15, 0.2) is 24.3 Å². The molecule has 0 aromatic heterocycles. The molecule has 0 spiro atoms. The summed E-state index contributed by atoms with van der Waals surface area (Å²) in [7, 11) is 0. The van der Waals surface area contributed by atoms with E-state index in [1.807, 2.05) is 0 Å². The minimum atomic E-state index is -0.497. The summed E-state index contributed by atoms with van der Waals surface area (Å²) in [5.41, 5.74) is 6.62. The Kier molecular flexibility index (Phi) is 7.37. The van der Waals surface area contributed by atoms with E-state index >= 15 is 0 Å². The fraction of sp³-hybridized carbons (Fsp3) is 0.556. The monoisotopic (exact) mass is 385 g/mol. The number of carbonyl (C=O) groups excluding carboxylic acids is 2. The predicted octanol–water partition coefficient (Wildman–Crippen LogP) is 1.29. The Morgan fingerprint density at radius 1 is 1.04 bits per heavy atom. The van der Waals surface area contributed by atoms with E-state index in [0.717, 1.165) is 12.8 Å². The van der Waals surface area contributed by atoms with Crippen LogP contribution in [0.5, 0.6) is 0 Å². The lowest BCUT2D eigenvalue weighted by molar-refractivity contribution is -0.136. The van der Waals surface area contributed by atoms with Gasteiger partial charge in [0.15, 0.2) is 0 Å². The van der Waals surface area contributed by atoms with Crippen LogP contribution < -0.4 is 5.73 Å². The lowest BCUT2D eigenvalue weighted by Gasteiger charge is -2.37. The molecule has 1 aromatic rings. The van der Waals surface area contributed by atoms with Crippen molar-refractivity contribution in [3.63, 3.8) is 0 Å². The summed E-state index contributed by atoms with van der Waals surface area (Å²) in [4.78, 5) is 28.5. The maximum Gasteiger partial charge on any atom is 0.253 e. The number of nitrogens with two attached hydrogens (primary N) is 1. The van der Waals surface area contributed by atoms with Gasteiger partial charge in [0.1, 0.15) is 5.82 Å². The summed E-state index contributed by atoms with van der Waals surface area (Å²) in [5.74, 6) is -0.379. The molecule has 0 radical (unpaired) electrons. The Bertz CT molecular complexity index is 615. The average molecular weight is 386 g/mol. The standard InChI is InChI=1S/C18H24FN3O3.ClH/c19-15-3-1-14(2-4-15)17(23)21-7-9-22(10-8-21)18(24)16(20)13-5-11-25-12-6-13;/h1-4,13,16H,5-12,20H2;1H. The van der Waals surface area contributed by atoms with E-state index in [1.165, 1.54) is 24.3 Å². The molecule has 2 fully saturated rings. The van der Waals surface area contributed by atoms with Gasteiger partial charge < -0.3 is 20.3 Å². The Hall–Kier alpha value is -1.70. The molecule has 2 aliphatic rings. The van der Waals surface area contributed by atoms with Crippen LogP contribution in [-0.4, -0.2) is 67.0 Å². The molecule has 2 N–H and O–H groups in total. The number of ether oxygens (including phenoxy) is 1. The van der Waals surface area contributed by atoms with Crippen molar-refractivity contribution in [2.45, 2.75) is 18.9 Å². The summed E-state index contributed by atoms with van der Waals surface area (Å²) in [6.07, 6.45) is 1.63. The molecule has 2 aliphatic heterocycles. The zero-order valence-electron chi connectivity index (χ0n) is 14.6. The van der Waals surface area contributed by atoms with E-state index in [4.69, 9.17) is 10.5 Å². The lowest BCUT2D eigenvalue weighted by atomic mass is 9.91. The molecule has 0 aliphatic carbocycles. The van der Waals surface area contributed by atoms with Crippen molar-refractivity contribution >= 4 is 24.2 Å². The molecular formula is C18H25ClFN3O3. The molecule has 0 saturated carbocycles. The predicted molar refractivity (Wildman–Crippen MR) is 97.6 cm³/mol. The molecule has 1 aromatic carbocycles. The molecule has 0 bridgehead atoms. The topological polar surface area (TPSA) is 75.9 Å². The Labute approximate surface area is 158 Å². The van der Waals surface area contributed by atoms with Gasteiger partial charge in [-0.2, -0.15) is 0 Å². The maximum absolute atomic E-state index is 13.0. The number of nitrogens with zero attached hydrogens (tertiary/aromatic N) is 2. The molecule has 2 amide bonds. The fourth-order valence-corrected chi connectivity index (χ4v) is 3.39. The van der Waals surface area contributed by atoms with Crippen molar-refractivity contribution < 1.29 is 18.7 Å². The van der Waals surface area contributed by atoms with Crippen molar-refractivity contribution in [2.75, 3.05) is 39.4 Å². The number of carbonyl (C=O) groups is 2. The summed E-state index contributed by atoms with van der Waals surface area (Å²) < 4.78 is 18.3. The van der Waals surface area contributed by atoms with Crippen molar-refractivity contribution in [3.05, 3.63) is 35.6 Å². The van der Waals surface area contributed by atoms with Crippen LogP contribution in [-0.2, 0) is 9.53 Å². The highest BCUT2D eigenvalue weighted by atomic mass is 35.5. The number of amides is 2. The van der Waals surface area contributed by atoms with Gasteiger partial charge in [0.2, 0.25) is 5.91 Å². The highest BCUT2D eigenvalue weighted by molar-refractivity contribution is 5.94. The van der Waals surface area contributed by atoms with E-state index in [0.29, 0.717) is 45.0 Å². The minimum absolute atomic E-state index is 0. The first kappa shape index (κ1) is 20.6. The molecule has 26 heavy (non-hydrogen) atoms. The van der Waals surface area contributed by atoms with E-state index in [9.17, 15) is 14.0 Å². The second-order valence-electron chi connectivity index (χ2n) is 6.60. The van der Waals surface area contributed by atoms with Crippen molar-refractivity contribution in [1.29, 1.82) is 0 Å². The van der Waals surface area contributed by atoms with Crippen molar-refractivity contribution in [2.24, 2.45) is 11.7 Å². The van der Waals surface area contributed by atoms with Gasteiger partial charge in [-0.3, -0.25) is 9.59 Å². The molecule has 1 unspecified atom stereocenters. The number of piperazine rings is 1. The molecule has 2 saturated heterocycles. The maximum atomic E-state index is 13.0. The van der Waals surface area contributed by atoms with Gasteiger partial charge in [0, 0.05) is 45.0 Å². The molecule has 1 atom stereocenters. The quantitative estimate of drug-likeness (QED) is 0.850. The van der Waals surface area contributed by atoms with Crippen molar-refractivity contribution in [1.82, 2.24) is 9.80 Å². The molecule has 6 nitrogen and oxygen atoms in total. The van der Waals surface area contributed by atoms with Crippen LogP contribution in [0, 0.1) is 11.7 Å². The van der Waals surface area contributed by atoms with Gasteiger partial charge in [-0.1, -0.05) is 0 Å². The minimum Gasteiger partial charge on any atom is -0.381 e. The van der Waals surface area contributed by atoms with Crippen LogP contribution in [0.1, 0.15) is 23.2 Å². The summed E-state index contributed by atoms with van der Waals surface area (Å²) in [5, 5.41) is 0. The van der Waals surface area contributed by atoms with Crippen molar-refractivity contribution in [3.8, 4) is 0 Å². The number of halogens is 2. The van der Waals surface area contributed by atoms with E-state index < -0.39 is 6.04 Å². The van der Waals surface area contributed by atoms with E-state index in [1.54, 1.807) is 9.80 Å². The first-order valence-corrected chi connectivity index (χ1v) is 8.73. The normalized spacial score (nSPS) is 19.6. The number of hydrogen-bond acceptors (Lipinski definition) is 4. The smallest absolute Gasteiger partial charge is 0.253 e. The van der Waals surface area contributed by atoms with Crippen LogP contribution in [0.25, 0.3) is 0 Å². The fourth-order valence-electron chi connectivity index (χ4n) is 3.39. The third-order valence-electron chi connectivity index (χ3n) is 5.03. The Balaban J connectivity index is 0.00000243. The second kappa shape index (κ2) is 9.30. The molecule has 2 heterocycles. The van der Waals surface area contributed by atoms with Crippen LogP contribution in [0.3, 0.4) is 0 Å². The highest BCUT2D eigenvalue weighted by Gasteiger charge is 2.32. The van der Waals surface area contributed by atoms with Gasteiger partial charge in [-0.15, -0.1) is 12.4 Å². The number of rotatable bonds is 3. The molecule has 144 valence electrons. The zero-order valence-corrected chi connectivity index (χ0v) is 15.4. The van der Waals surface area contributed by atoms with Gasteiger partial charge in [0.05, 0.1) is 6.04 Å². The first-order chi connectivity index (χ1) is 12.1. The summed E-state index contributed by atoms with van der Waals surface area (Å²) >= 11 is 0.